The van der Waals surface area contributed by atoms with E-state index in [4.69, 9.17) is 9.47 Å². The van der Waals surface area contributed by atoms with E-state index in [-0.39, 0.29) is 17.1 Å². The number of phenols is 1. The number of ether oxygens (including phenoxy) is 2. The van der Waals surface area contributed by atoms with Crippen LogP contribution in [0.4, 0.5) is 0 Å². The SMILES string of the molecule is CCOc1cc(/C=c2\s/c(=C\C(=O)c3ccc(OC)cc3)[nH]c2=O)ccc1O. The molecule has 144 valence electrons. The fraction of sp³-hybridized carbons (Fsp3) is 0.143. The van der Waals surface area contributed by atoms with E-state index < -0.39 is 0 Å². The Kier molecular flexibility index (Phi) is 5.96. The van der Waals surface area contributed by atoms with E-state index in [9.17, 15) is 14.7 Å². The number of carbonyl (C=O) groups excluding carboxylic acids is 1. The van der Waals surface area contributed by atoms with E-state index in [0.717, 1.165) is 0 Å². The maximum absolute atomic E-state index is 12.4. The standard InChI is InChI=1S/C21H19NO5S/c1-3-27-18-10-13(4-9-16(18)23)11-19-21(25)22-20(28-19)12-17(24)14-5-7-15(26-2)8-6-14/h4-12,23H,3H2,1-2H3,(H,22,25)/b19-11-,20-12-. The number of Topliss-reactive ketones (excluding diaryl/α,β-unsaturated/α-hetero) is 1. The summed E-state index contributed by atoms with van der Waals surface area (Å²) in [6.45, 7) is 2.24. The quantitative estimate of drug-likeness (QED) is 0.622. The number of H-pyrrole nitrogens is 1. The monoisotopic (exact) mass is 397 g/mol. The third kappa shape index (κ3) is 4.50. The van der Waals surface area contributed by atoms with Crippen molar-refractivity contribution in [2.24, 2.45) is 0 Å². The summed E-state index contributed by atoms with van der Waals surface area (Å²) in [5.41, 5.74) is 0.923. The lowest BCUT2D eigenvalue weighted by molar-refractivity contribution is 0.106. The number of thiazole rings is 1. The third-order valence-electron chi connectivity index (χ3n) is 3.90. The Hall–Kier alpha value is -3.32. The van der Waals surface area contributed by atoms with Crippen molar-refractivity contribution in [3.8, 4) is 17.2 Å². The zero-order valence-electron chi connectivity index (χ0n) is 15.4. The van der Waals surface area contributed by atoms with Gasteiger partial charge in [0.1, 0.15) is 5.75 Å². The summed E-state index contributed by atoms with van der Waals surface area (Å²) in [6, 6.07) is 11.6. The van der Waals surface area contributed by atoms with Crippen molar-refractivity contribution in [2.75, 3.05) is 13.7 Å². The number of hydrogen-bond donors (Lipinski definition) is 2. The van der Waals surface area contributed by atoms with Gasteiger partial charge in [0.15, 0.2) is 17.3 Å². The minimum Gasteiger partial charge on any atom is -0.504 e. The number of methoxy groups -OCH3 is 1. The molecule has 0 fully saturated rings. The maximum atomic E-state index is 12.4. The van der Waals surface area contributed by atoms with Gasteiger partial charge in [-0.25, -0.2) is 0 Å². The minimum atomic E-state index is -0.287. The predicted octanol–water partition coefficient (Wildman–Crippen LogP) is 2.04. The predicted molar refractivity (Wildman–Crippen MR) is 109 cm³/mol. The number of phenolic OH excluding ortho intramolecular Hbond substituents is 1. The van der Waals surface area contributed by atoms with Crippen LogP contribution in [0.15, 0.2) is 47.3 Å². The number of carbonyl (C=O) groups is 1. The van der Waals surface area contributed by atoms with Crippen LogP contribution in [0.1, 0.15) is 22.8 Å². The fourth-order valence-corrected chi connectivity index (χ4v) is 3.41. The number of rotatable bonds is 6. The molecule has 3 aromatic rings. The van der Waals surface area contributed by atoms with Gasteiger partial charge in [-0.3, -0.25) is 9.59 Å². The molecule has 0 aliphatic heterocycles. The second-order valence-corrected chi connectivity index (χ2v) is 6.91. The summed E-state index contributed by atoms with van der Waals surface area (Å²) in [6.07, 6.45) is 3.08. The Labute approximate surface area is 165 Å². The van der Waals surface area contributed by atoms with E-state index in [1.165, 1.54) is 23.5 Å². The molecule has 0 atom stereocenters. The van der Waals surface area contributed by atoms with Crippen molar-refractivity contribution in [3.05, 3.63) is 73.1 Å². The van der Waals surface area contributed by atoms with Crippen molar-refractivity contribution in [1.82, 2.24) is 4.98 Å². The van der Waals surface area contributed by atoms with Gasteiger partial charge in [0, 0.05) is 11.6 Å². The van der Waals surface area contributed by atoms with Crippen molar-refractivity contribution in [1.29, 1.82) is 0 Å². The highest BCUT2D eigenvalue weighted by atomic mass is 32.1. The first-order valence-corrected chi connectivity index (χ1v) is 9.38. The maximum Gasteiger partial charge on any atom is 0.266 e. The zero-order chi connectivity index (χ0) is 20.1. The molecule has 0 bridgehead atoms. The van der Waals surface area contributed by atoms with Gasteiger partial charge in [-0.2, -0.15) is 0 Å². The van der Waals surface area contributed by atoms with Crippen LogP contribution in [-0.2, 0) is 0 Å². The van der Waals surface area contributed by atoms with Gasteiger partial charge in [0.2, 0.25) is 0 Å². The molecule has 6 nitrogen and oxygen atoms in total. The van der Waals surface area contributed by atoms with Gasteiger partial charge in [-0.1, -0.05) is 6.07 Å². The Morgan fingerprint density at radius 2 is 1.96 bits per heavy atom. The van der Waals surface area contributed by atoms with Crippen LogP contribution < -0.4 is 24.2 Å². The fourth-order valence-electron chi connectivity index (χ4n) is 2.53. The topological polar surface area (TPSA) is 88.6 Å². The summed E-state index contributed by atoms with van der Waals surface area (Å²) in [5.74, 6) is 0.845. The lowest BCUT2D eigenvalue weighted by Gasteiger charge is -2.05. The molecule has 28 heavy (non-hydrogen) atoms. The van der Waals surface area contributed by atoms with E-state index >= 15 is 0 Å². The van der Waals surface area contributed by atoms with Gasteiger partial charge < -0.3 is 19.6 Å². The summed E-state index contributed by atoms with van der Waals surface area (Å²) in [7, 11) is 1.56. The number of nitrogens with one attached hydrogen (secondary N) is 1. The van der Waals surface area contributed by atoms with E-state index in [0.29, 0.717) is 38.4 Å². The largest absolute Gasteiger partial charge is 0.504 e. The van der Waals surface area contributed by atoms with Crippen LogP contribution >= 0.6 is 11.3 Å². The van der Waals surface area contributed by atoms with Gasteiger partial charge >= 0.3 is 0 Å². The second-order valence-electron chi connectivity index (χ2n) is 5.83. The molecule has 1 aromatic heterocycles. The molecule has 7 heteroatoms. The number of benzene rings is 2. The molecular formula is C21H19NO5S. The number of aromatic nitrogens is 1. The molecule has 0 unspecified atom stereocenters. The van der Waals surface area contributed by atoms with E-state index in [1.54, 1.807) is 49.6 Å². The highest BCUT2D eigenvalue weighted by molar-refractivity contribution is 7.07. The van der Waals surface area contributed by atoms with Crippen LogP contribution in [0, 0.1) is 0 Å². The Morgan fingerprint density at radius 3 is 2.64 bits per heavy atom. The molecule has 0 spiro atoms. The zero-order valence-corrected chi connectivity index (χ0v) is 16.2. The van der Waals surface area contributed by atoms with Gasteiger partial charge in [-0.15, -0.1) is 11.3 Å². The molecule has 0 radical (unpaired) electrons. The first-order valence-electron chi connectivity index (χ1n) is 8.57. The summed E-state index contributed by atoms with van der Waals surface area (Å²) in [5, 5.41) is 9.78. The summed E-state index contributed by atoms with van der Waals surface area (Å²) < 4.78 is 11.3. The average molecular weight is 397 g/mol. The van der Waals surface area contributed by atoms with Gasteiger partial charge in [-0.05, 0) is 55.0 Å². The molecule has 1 heterocycles. The second kappa shape index (κ2) is 8.58. The molecule has 3 rings (SSSR count). The van der Waals surface area contributed by atoms with Gasteiger partial charge in [0.25, 0.3) is 5.56 Å². The van der Waals surface area contributed by atoms with Crippen molar-refractivity contribution in [2.45, 2.75) is 6.92 Å². The Balaban J connectivity index is 1.93. The minimum absolute atomic E-state index is 0.0400. The molecule has 2 aromatic carbocycles. The van der Waals surface area contributed by atoms with Gasteiger partial charge in [0.05, 0.1) is 22.9 Å². The lowest BCUT2D eigenvalue weighted by atomic mass is 10.1. The summed E-state index contributed by atoms with van der Waals surface area (Å²) >= 11 is 1.18. The normalized spacial score (nSPS) is 12.2. The van der Waals surface area contributed by atoms with Crippen LogP contribution in [0.25, 0.3) is 12.2 Å². The molecule has 0 aliphatic rings. The van der Waals surface area contributed by atoms with Crippen LogP contribution in [-0.4, -0.2) is 29.6 Å². The van der Waals surface area contributed by atoms with Crippen molar-refractivity contribution in [3.63, 3.8) is 0 Å². The molecular weight excluding hydrogens is 378 g/mol. The average Bonchev–Trinajstić information content (AvgIpc) is 3.03. The lowest BCUT2D eigenvalue weighted by Crippen LogP contribution is -2.20. The summed E-state index contributed by atoms with van der Waals surface area (Å²) in [4.78, 5) is 27.3. The molecule has 0 amide bonds. The third-order valence-corrected chi connectivity index (χ3v) is 4.86. The number of hydrogen-bond acceptors (Lipinski definition) is 6. The van der Waals surface area contributed by atoms with E-state index in [1.807, 2.05) is 6.92 Å². The highest BCUT2D eigenvalue weighted by Gasteiger charge is 2.05. The first-order chi connectivity index (χ1) is 13.5. The number of aromatic amines is 1. The molecule has 0 aliphatic carbocycles. The Bertz CT molecular complexity index is 1160. The molecule has 2 N–H and O–H groups in total. The highest BCUT2D eigenvalue weighted by Crippen LogP contribution is 2.26. The Morgan fingerprint density at radius 1 is 1.21 bits per heavy atom. The van der Waals surface area contributed by atoms with Crippen molar-refractivity contribution >= 4 is 29.3 Å². The van der Waals surface area contributed by atoms with Crippen LogP contribution in [0.3, 0.4) is 0 Å². The smallest absolute Gasteiger partial charge is 0.266 e. The van der Waals surface area contributed by atoms with Crippen LogP contribution in [0.5, 0.6) is 17.2 Å². The number of aromatic hydroxyl groups is 1. The molecule has 0 saturated carbocycles. The number of ketones is 1. The van der Waals surface area contributed by atoms with Crippen LogP contribution in [0.2, 0.25) is 0 Å². The van der Waals surface area contributed by atoms with E-state index in [2.05, 4.69) is 4.98 Å². The van der Waals surface area contributed by atoms with Crippen molar-refractivity contribution < 1.29 is 19.4 Å². The first kappa shape index (κ1) is 19.4. The molecule has 0 saturated heterocycles.